The van der Waals surface area contributed by atoms with Gasteiger partial charge >= 0.3 is 0 Å². The maximum Gasteiger partial charge on any atom is 0.172 e. The van der Waals surface area contributed by atoms with Crippen LogP contribution in [0.4, 0.5) is 0 Å². The van der Waals surface area contributed by atoms with Crippen molar-refractivity contribution in [3.63, 3.8) is 0 Å². The summed E-state index contributed by atoms with van der Waals surface area (Å²) in [7, 11) is -3.35. The second kappa shape index (κ2) is 6.08. The number of sulfone groups is 1. The van der Waals surface area contributed by atoms with E-state index in [0.717, 1.165) is 17.5 Å². The summed E-state index contributed by atoms with van der Waals surface area (Å²) in [6.07, 6.45) is 4.34. The Morgan fingerprint density at radius 1 is 1.61 bits per heavy atom. The van der Waals surface area contributed by atoms with Crippen LogP contribution in [0.3, 0.4) is 0 Å². The van der Waals surface area contributed by atoms with Crippen molar-refractivity contribution in [2.45, 2.75) is 13.8 Å². The summed E-state index contributed by atoms with van der Waals surface area (Å²) in [4.78, 5) is 8.29. The largest absolute Gasteiger partial charge is 0.262 e. The fourth-order valence-corrected chi connectivity index (χ4v) is 2.78. The van der Waals surface area contributed by atoms with Crippen molar-refractivity contribution in [2.75, 3.05) is 12.9 Å². The van der Waals surface area contributed by atoms with Crippen molar-refractivity contribution in [1.82, 2.24) is 4.98 Å². The van der Waals surface area contributed by atoms with Crippen LogP contribution in [0.25, 0.3) is 6.08 Å². The average Bonchev–Trinajstić information content (AvgIpc) is 2.24. The molecule has 0 aliphatic rings. The summed E-state index contributed by atoms with van der Waals surface area (Å²) in [5.41, 5.74) is 1.57. The molecule has 100 valence electrons. The van der Waals surface area contributed by atoms with Gasteiger partial charge in [-0.2, -0.15) is 0 Å². The Kier molecular flexibility index (Phi) is 5.01. The van der Waals surface area contributed by atoms with E-state index in [2.05, 4.69) is 9.87 Å². The van der Waals surface area contributed by atoms with Gasteiger partial charge in [-0.05, 0) is 30.7 Å². The highest BCUT2D eigenvalue weighted by molar-refractivity contribution is 7.94. The number of nitrogens with zero attached hydrogens (tertiary/aromatic N) is 1. The molecule has 0 aromatic carbocycles. The standard InChI is InChI=1S/C12H17NO4S/c1-9(8-17-14)12(18(3,15)16)7-11-4-5-13-10(2)6-11/h4-7,9,14H,8H2,1-3H3/b12-7+. The molecule has 0 amide bonds. The Balaban J connectivity index is 3.19. The van der Waals surface area contributed by atoms with Crippen molar-refractivity contribution < 1.29 is 18.6 Å². The quantitative estimate of drug-likeness (QED) is 0.654. The predicted octanol–water partition coefficient (Wildman–Crippen LogP) is 1.90. The highest BCUT2D eigenvalue weighted by atomic mass is 32.2. The molecule has 1 unspecified atom stereocenters. The minimum Gasteiger partial charge on any atom is -0.262 e. The predicted molar refractivity (Wildman–Crippen MR) is 69.5 cm³/mol. The summed E-state index contributed by atoms with van der Waals surface area (Å²) in [6.45, 7) is 3.44. The van der Waals surface area contributed by atoms with Gasteiger partial charge in [0.05, 0.1) is 6.61 Å². The van der Waals surface area contributed by atoms with Gasteiger partial charge in [-0.25, -0.2) is 13.3 Å². The Labute approximate surface area is 107 Å². The molecular formula is C12H17NO4S. The first-order valence-corrected chi connectivity index (χ1v) is 7.34. The molecule has 0 saturated heterocycles. The number of hydrogen-bond acceptors (Lipinski definition) is 5. The van der Waals surface area contributed by atoms with Crippen molar-refractivity contribution >= 4 is 15.9 Å². The van der Waals surface area contributed by atoms with Crippen molar-refractivity contribution in [3.8, 4) is 0 Å². The fraction of sp³-hybridized carbons (Fsp3) is 0.417. The second-order valence-corrected chi connectivity index (χ2v) is 6.26. The maximum atomic E-state index is 11.7. The van der Waals surface area contributed by atoms with Crippen LogP contribution in [0.15, 0.2) is 23.2 Å². The molecule has 1 aromatic heterocycles. The van der Waals surface area contributed by atoms with E-state index in [1.165, 1.54) is 0 Å². The van der Waals surface area contributed by atoms with E-state index in [1.807, 2.05) is 6.92 Å². The molecule has 0 fully saturated rings. The first kappa shape index (κ1) is 14.8. The van der Waals surface area contributed by atoms with Crippen LogP contribution in [0.5, 0.6) is 0 Å². The van der Waals surface area contributed by atoms with E-state index in [0.29, 0.717) is 0 Å². The third-order valence-corrected chi connectivity index (χ3v) is 3.84. The van der Waals surface area contributed by atoms with Crippen LogP contribution in [0, 0.1) is 12.8 Å². The zero-order valence-electron chi connectivity index (χ0n) is 10.6. The van der Waals surface area contributed by atoms with Gasteiger partial charge in [0, 0.05) is 29.0 Å². The lowest BCUT2D eigenvalue weighted by molar-refractivity contribution is -0.247. The Morgan fingerprint density at radius 2 is 2.28 bits per heavy atom. The third-order valence-electron chi connectivity index (χ3n) is 2.47. The third kappa shape index (κ3) is 4.21. The van der Waals surface area contributed by atoms with Gasteiger partial charge < -0.3 is 0 Å². The topological polar surface area (TPSA) is 76.5 Å². The number of aromatic nitrogens is 1. The lowest BCUT2D eigenvalue weighted by Gasteiger charge is -2.12. The molecule has 0 saturated carbocycles. The lowest BCUT2D eigenvalue weighted by atomic mass is 10.1. The van der Waals surface area contributed by atoms with Crippen LogP contribution in [-0.4, -0.2) is 31.5 Å². The molecule has 1 heterocycles. The van der Waals surface area contributed by atoms with Crippen molar-refractivity contribution in [2.24, 2.45) is 5.92 Å². The molecule has 1 N–H and O–H groups in total. The fourth-order valence-electron chi connectivity index (χ4n) is 1.63. The van der Waals surface area contributed by atoms with E-state index < -0.39 is 15.8 Å². The van der Waals surface area contributed by atoms with Crippen molar-refractivity contribution in [1.29, 1.82) is 0 Å². The molecule has 1 atom stereocenters. The van der Waals surface area contributed by atoms with E-state index in [9.17, 15) is 8.42 Å². The van der Waals surface area contributed by atoms with Crippen molar-refractivity contribution in [3.05, 3.63) is 34.5 Å². The molecule has 0 aliphatic carbocycles. The first-order valence-electron chi connectivity index (χ1n) is 5.45. The molecule has 1 aromatic rings. The average molecular weight is 271 g/mol. The Bertz CT molecular complexity index is 537. The van der Waals surface area contributed by atoms with Crippen LogP contribution in [0.2, 0.25) is 0 Å². The van der Waals surface area contributed by atoms with E-state index in [1.54, 1.807) is 31.3 Å². The van der Waals surface area contributed by atoms with Gasteiger partial charge in [0.2, 0.25) is 0 Å². The normalized spacial score (nSPS) is 14.6. The number of hydrogen-bond donors (Lipinski definition) is 1. The van der Waals surface area contributed by atoms with Crippen LogP contribution in [-0.2, 0) is 14.7 Å². The monoisotopic (exact) mass is 271 g/mol. The summed E-state index contributed by atoms with van der Waals surface area (Å²) in [5.74, 6) is -0.418. The van der Waals surface area contributed by atoms with Crippen LogP contribution < -0.4 is 0 Å². The molecule has 0 bridgehead atoms. The Morgan fingerprint density at radius 3 is 2.78 bits per heavy atom. The molecule has 0 spiro atoms. The molecule has 0 aliphatic heterocycles. The van der Waals surface area contributed by atoms with Gasteiger partial charge in [0.1, 0.15) is 0 Å². The molecule has 1 rings (SSSR count). The molecular weight excluding hydrogens is 254 g/mol. The zero-order valence-corrected chi connectivity index (χ0v) is 11.4. The van der Waals surface area contributed by atoms with Crippen LogP contribution in [0.1, 0.15) is 18.2 Å². The SMILES string of the molecule is Cc1cc(/C=C(\C(C)COO)S(C)(=O)=O)ccn1. The summed E-state index contributed by atoms with van der Waals surface area (Å²) < 4.78 is 23.4. The van der Waals surface area contributed by atoms with Gasteiger partial charge in [-0.3, -0.25) is 10.2 Å². The van der Waals surface area contributed by atoms with Gasteiger partial charge in [0.25, 0.3) is 0 Å². The van der Waals surface area contributed by atoms with E-state index >= 15 is 0 Å². The lowest BCUT2D eigenvalue weighted by Crippen LogP contribution is -2.14. The van der Waals surface area contributed by atoms with Gasteiger partial charge in [-0.15, -0.1) is 0 Å². The summed E-state index contributed by atoms with van der Waals surface area (Å²) in [6, 6.07) is 3.52. The summed E-state index contributed by atoms with van der Waals surface area (Å²) in [5, 5.41) is 8.43. The number of aryl methyl sites for hydroxylation is 1. The molecule has 5 nitrogen and oxygen atoms in total. The number of rotatable bonds is 5. The van der Waals surface area contributed by atoms with E-state index in [-0.39, 0.29) is 11.5 Å². The highest BCUT2D eigenvalue weighted by Crippen LogP contribution is 2.20. The second-order valence-electron chi connectivity index (χ2n) is 4.25. The van der Waals surface area contributed by atoms with Crippen LogP contribution >= 0.6 is 0 Å². The summed E-state index contributed by atoms with van der Waals surface area (Å²) >= 11 is 0. The van der Waals surface area contributed by atoms with Gasteiger partial charge in [-0.1, -0.05) is 6.92 Å². The first-order chi connectivity index (χ1) is 8.34. The molecule has 6 heteroatoms. The Hall–Kier alpha value is -1.24. The smallest absolute Gasteiger partial charge is 0.172 e. The van der Waals surface area contributed by atoms with E-state index in [4.69, 9.17) is 5.26 Å². The minimum atomic E-state index is -3.35. The van der Waals surface area contributed by atoms with Gasteiger partial charge in [0.15, 0.2) is 9.84 Å². The highest BCUT2D eigenvalue weighted by Gasteiger charge is 2.19. The minimum absolute atomic E-state index is 0.0665. The maximum absolute atomic E-state index is 11.7. The molecule has 0 radical (unpaired) electrons. The zero-order chi connectivity index (χ0) is 13.8. The number of pyridine rings is 1. The molecule has 18 heavy (non-hydrogen) atoms.